The first-order valence-electron chi connectivity index (χ1n) is 9.48. The van der Waals surface area contributed by atoms with E-state index in [-0.39, 0.29) is 29.6 Å². The van der Waals surface area contributed by atoms with Crippen LogP contribution in [0.2, 0.25) is 5.02 Å². The molecule has 0 heterocycles. The summed E-state index contributed by atoms with van der Waals surface area (Å²) in [5.41, 5.74) is -2.08. The lowest BCUT2D eigenvalue weighted by Gasteiger charge is -2.13. The second-order valence-electron chi connectivity index (χ2n) is 6.69. The van der Waals surface area contributed by atoms with E-state index in [1.54, 1.807) is 0 Å². The number of nitro groups is 1. The molecule has 0 aliphatic heterocycles. The van der Waals surface area contributed by atoms with Gasteiger partial charge < -0.3 is 18.9 Å². The van der Waals surface area contributed by atoms with Crippen LogP contribution in [0.5, 0.6) is 28.7 Å². The third kappa shape index (κ3) is 6.51. The Morgan fingerprint density at radius 2 is 1.60 bits per heavy atom. The highest BCUT2D eigenvalue weighted by atomic mass is 35.5. The summed E-state index contributed by atoms with van der Waals surface area (Å²) >= 11 is 5.56. The number of rotatable bonds is 8. The number of nitro benzene ring substituents is 1. The van der Waals surface area contributed by atoms with Crippen LogP contribution in [-0.2, 0) is 15.7 Å². The van der Waals surface area contributed by atoms with E-state index in [4.69, 9.17) is 25.8 Å². The monoisotopic (exact) mass is 515 g/mol. The normalized spacial score (nSPS) is 11.0. The zero-order valence-electron chi connectivity index (χ0n) is 17.6. The fourth-order valence-electron chi connectivity index (χ4n) is 2.74. The molecule has 0 amide bonds. The molecule has 35 heavy (non-hydrogen) atoms. The predicted octanol–water partition coefficient (Wildman–Crippen LogP) is 6.54. The first kappa shape index (κ1) is 25.6. The standard InChI is InChI=1S/C22H14ClF4NO7/c1-32-20(29)11-33-12-2-4-13(5-3-12)35-19-10-14(6-7-18(19)28(30)31)34-15-8-16(23)21(17(24)9-15)22(25,26)27/h2-10H,11H2,1H3. The van der Waals surface area contributed by atoms with Gasteiger partial charge >= 0.3 is 17.8 Å². The highest BCUT2D eigenvalue weighted by Gasteiger charge is 2.37. The van der Waals surface area contributed by atoms with Crippen molar-refractivity contribution in [3.8, 4) is 28.7 Å². The van der Waals surface area contributed by atoms with Crippen molar-refractivity contribution in [2.45, 2.75) is 6.18 Å². The van der Waals surface area contributed by atoms with E-state index in [9.17, 15) is 32.5 Å². The van der Waals surface area contributed by atoms with Gasteiger partial charge in [-0.3, -0.25) is 10.1 Å². The minimum atomic E-state index is -5.01. The summed E-state index contributed by atoms with van der Waals surface area (Å²) in [7, 11) is 1.20. The van der Waals surface area contributed by atoms with Crippen molar-refractivity contribution in [2.24, 2.45) is 0 Å². The lowest BCUT2D eigenvalue weighted by molar-refractivity contribution is -0.385. The average Bonchev–Trinajstić information content (AvgIpc) is 2.77. The van der Waals surface area contributed by atoms with Gasteiger partial charge in [0.1, 0.15) is 34.4 Å². The fourth-order valence-corrected chi connectivity index (χ4v) is 3.04. The van der Waals surface area contributed by atoms with E-state index in [1.807, 2.05) is 0 Å². The van der Waals surface area contributed by atoms with Crippen molar-refractivity contribution in [3.63, 3.8) is 0 Å². The van der Waals surface area contributed by atoms with Crippen LogP contribution in [0, 0.1) is 15.9 Å². The van der Waals surface area contributed by atoms with Crippen LogP contribution in [0.1, 0.15) is 5.56 Å². The number of methoxy groups -OCH3 is 1. The Bertz CT molecular complexity index is 1230. The summed E-state index contributed by atoms with van der Waals surface area (Å²) in [4.78, 5) is 21.8. The molecule has 13 heteroatoms. The van der Waals surface area contributed by atoms with Gasteiger partial charge in [0.2, 0.25) is 5.75 Å². The second kappa shape index (κ2) is 10.5. The van der Waals surface area contributed by atoms with E-state index in [2.05, 4.69) is 4.74 Å². The van der Waals surface area contributed by atoms with Crippen LogP contribution in [0.4, 0.5) is 23.2 Å². The van der Waals surface area contributed by atoms with Gasteiger partial charge in [-0.15, -0.1) is 0 Å². The minimum absolute atomic E-state index is 0.0983. The second-order valence-corrected chi connectivity index (χ2v) is 7.09. The number of benzene rings is 3. The number of halogens is 5. The van der Waals surface area contributed by atoms with Gasteiger partial charge in [-0.05, 0) is 30.3 Å². The summed E-state index contributed by atoms with van der Waals surface area (Å²) in [6.07, 6.45) is -5.01. The molecule has 0 radical (unpaired) electrons. The molecular formula is C22H14ClF4NO7. The van der Waals surface area contributed by atoms with E-state index in [1.165, 1.54) is 31.4 Å². The van der Waals surface area contributed by atoms with Crippen molar-refractivity contribution in [2.75, 3.05) is 13.7 Å². The first-order valence-corrected chi connectivity index (χ1v) is 9.86. The average molecular weight is 516 g/mol. The predicted molar refractivity (Wildman–Crippen MR) is 114 cm³/mol. The highest BCUT2D eigenvalue weighted by Crippen LogP contribution is 2.41. The summed E-state index contributed by atoms with van der Waals surface area (Å²) in [6.45, 7) is -0.323. The molecule has 0 fully saturated rings. The fraction of sp³-hybridized carbons (Fsp3) is 0.136. The number of carbonyl (C=O) groups excluding carboxylic acids is 1. The van der Waals surface area contributed by atoms with Crippen LogP contribution in [0.3, 0.4) is 0 Å². The molecule has 3 rings (SSSR count). The van der Waals surface area contributed by atoms with Gasteiger partial charge in [0.15, 0.2) is 6.61 Å². The van der Waals surface area contributed by atoms with Gasteiger partial charge in [0.25, 0.3) is 0 Å². The highest BCUT2D eigenvalue weighted by molar-refractivity contribution is 6.31. The molecule has 184 valence electrons. The van der Waals surface area contributed by atoms with Crippen LogP contribution in [0.25, 0.3) is 0 Å². The third-order valence-corrected chi connectivity index (χ3v) is 4.60. The van der Waals surface area contributed by atoms with Crippen LogP contribution in [0.15, 0.2) is 54.6 Å². The van der Waals surface area contributed by atoms with Crippen LogP contribution >= 0.6 is 11.6 Å². The molecule has 3 aromatic rings. The minimum Gasteiger partial charge on any atom is -0.482 e. The molecule has 3 aromatic carbocycles. The topological polar surface area (TPSA) is 97.1 Å². The molecule has 0 aliphatic rings. The summed E-state index contributed by atoms with van der Waals surface area (Å²) in [6, 6.07) is 10.3. The summed E-state index contributed by atoms with van der Waals surface area (Å²) < 4.78 is 73.2. The SMILES string of the molecule is COC(=O)COc1ccc(Oc2cc(Oc3cc(F)c(C(F)(F)F)c(Cl)c3)ccc2[N+](=O)[O-])cc1. The van der Waals surface area contributed by atoms with Gasteiger partial charge in [0, 0.05) is 24.3 Å². The number of nitrogens with zero attached hydrogens (tertiary/aromatic N) is 1. The Balaban J connectivity index is 1.83. The molecule has 0 N–H and O–H groups in total. The summed E-state index contributed by atoms with van der Waals surface area (Å²) in [5.74, 6) is -2.52. The zero-order chi connectivity index (χ0) is 25.8. The maximum absolute atomic E-state index is 14.0. The third-order valence-electron chi connectivity index (χ3n) is 4.30. The Hall–Kier alpha value is -4.06. The Morgan fingerprint density at radius 1 is 0.971 bits per heavy atom. The molecule has 0 unspecified atom stereocenters. The van der Waals surface area contributed by atoms with E-state index in [0.29, 0.717) is 11.8 Å². The van der Waals surface area contributed by atoms with Crippen LogP contribution in [-0.4, -0.2) is 24.6 Å². The number of esters is 1. The number of alkyl halides is 3. The Morgan fingerprint density at radius 3 is 2.17 bits per heavy atom. The van der Waals surface area contributed by atoms with Gasteiger partial charge in [-0.2, -0.15) is 13.2 Å². The molecule has 0 aromatic heterocycles. The summed E-state index contributed by atoms with van der Waals surface area (Å²) in [5, 5.41) is 10.5. The van der Waals surface area contributed by atoms with Crippen molar-refractivity contribution < 1.29 is 46.2 Å². The molecule has 0 atom stereocenters. The van der Waals surface area contributed by atoms with Crippen molar-refractivity contribution in [1.82, 2.24) is 0 Å². The number of carbonyl (C=O) groups is 1. The van der Waals surface area contributed by atoms with Crippen LogP contribution < -0.4 is 14.2 Å². The van der Waals surface area contributed by atoms with E-state index < -0.39 is 39.2 Å². The molecular weight excluding hydrogens is 502 g/mol. The molecule has 0 aliphatic carbocycles. The number of ether oxygens (including phenoxy) is 4. The lowest BCUT2D eigenvalue weighted by atomic mass is 10.2. The van der Waals surface area contributed by atoms with Crippen molar-refractivity contribution >= 4 is 23.3 Å². The first-order chi connectivity index (χ1) is 16.5. The maximum atomic E-state index is 14.0. The molecule has 0 bridgehead atoms. The number of hydrogen-bond donors (Lipinski definition) is 0. The quantitative estimate of drug-likeness (QED) is 0.145. The maximum Gasteiger partial charge on any atom is 0.420 e. The van der Waals surface area contributed by atoms with E-state index in [0.717, 1.165) is 24.3 Å². The Kier molecular flexibility index (Phi) is 7.65. The van der Waals surface area contributed by atoms with Gasteiger partial charge in [0.05, 0.1) is 17.1 Å². The molecule has 0 saturated heterocycles. The van der Waals surface area contributed by atoms with Gasteiger partial charge in [-0.25, -0.2) is 9.18 Å². The molecule has 0 spiro atoms. The Labute approximate surface area is 199 Å². The number of hydrogen-bond acceptors (Lipinski definition) is 7. The lowest BCUT2D eigenvalue weighted by Crippen LogP contribution is -2.12. The molecule has 0 saturated carbocycles. The van der Waals surface area contributed by atoms with Crippen molar-refractivity contribution in [3.05, 3.63) is 81.1 Å². The zero-order valence-corrected chi connectivity index (χ0v) is 18.4. The van der Waals surface area contributed by atoms with E-state index >= 15 is 0 Å². The van der Waals surface area contributed by atoms with Crippen molar-refractivity contribution in [1.29, 1.82) is 0 Å². The smallest absolute Gasteiger partial charge is 0.420 e. The largest absolute Gasteiger partial charge is 0.482 e. The van der Waals surface area contributed by atoms with Gasteiger partial charge in [-0.1, -0.05) is 11.6 Å². The molecule has 8 nitrogen and oxygen atoms in total.